The first-order valence-electron chi connectivity index (χ1n) is 13.4. The van der Waals surface area contributed by atoms with Crippen LogP contribution in [0, 0.1) is 0 Å². The molecule has 2 amide bonds. The third kappa shape index (κ3) is 4.38. The fourth-order valence-corrected chi connectivity index (χ4v) is 5.84. The lowest BCUT2D eigenvalue weighted by molar-refractivity contribution is 0.194. The zero-order valence-corrected chi connectivity index (χ0v) is 22.4. The van der Waals surface area contributed by atoms with Crippen LogP contribution in [0.25, 0.3) is 22.2 Å². The molecule has 5 heterocycles. The average Bonchev–Trinajstić information content (AvgIpc) is 3.60. The Kier molecular flexibility index (Phi) is 5.85. The molecule has 8 heteroatoms. The Hall–Kier alpha value is -3.94. The first-order valence-corrected chi connectivity index (χ1v) is 13.4. The van der Waals surface area contributed by atoms with Gasteiger partial charge in [-0.25, -0.2) is 4.79 Å². The number of carbonyl (C=O) groups excluding carboxylic acids is 1. The van der Waals surface area contributed by atoms with Crippen LogP contribution in [0.5, 0.6) is 5.75 Å². The lowest BCUT2D eigenvalue weighted by atomic mass is 9.82. The lowest BCUT2D eigenvalue weighted by Gasteiger charge is -2.30. The van der Waals surface area contributed by atoms with Gasteiger partial charge in [0.1, 0.15) is 5.75 Å². The summed E-state index contributed by atoms with van der Waals surface area (Å²) in [7, 11) is 0. The number of likely N-dealkylation sites (tertiary alicyclic amines) is 1. The highest BCUT2D eigenvalue weighted by Crippen LogP contribution is 2.44. The Morgan fingerprint density at radius 2 is 1.87 bits per heavy atom. The van der Waals surface area contributed by atoms with Gasteiger partial charge in [0.2, 0.25) is 0 Å². The number of aromatic nitrogens is 4. The number of aryl methyl sites for hydroxylation is 1. The van der Waals surface area contributed by atoms with Gasteiger partial charge in [0.25, 0.3) is 0 Å². The van der Waals surface area contributed by atoms with E-state index < -0.39 is 5.54 Å². The zero-order valence-electron chi connectivity index (χ0n) is 22.4. The van der Waals surface area contributed by atoms with Crippen LogP contribution in [-0.4, -0.2) is 49.9 Å². The van der Waals surface area contributed by atoms with E-state index >= 15 is 0 Å². The molecule has 1 atom stereocenters. The molecule has 1 N–H and O–H groups in total. The van der Waals surface area contributed by atoms with Crippen LogP contribution in [0.4, 0.5) is 4.79 Å². The summed E-state index contributed by atoms with van der Waals surface area (Å²) in [6.45, 7) is 10.4. The monoisotopic (exact) mass is 510 g/mol. The van der Waals surface area contributed by atoms with Crippen molar-refractivity contribution < 1.29 is 9.53 Å². The number of benzene rings is 1. The Bertz CT molecular complexity index is 1500. The molecule has 2 aliphatic rings. The first kappa shape index (κ1) is 24.4. The third-order valence-electron chi connectivity index (χ3n) is 7.91. The average molecular weight is 511 g/mol. The first-order chi connectivity index (χ1) is 18.2. The van der Waals surface area contributed by atoms with Gasteiger partial charge in [0, 0.05) is 60.3 Å². The number of nitrogens with zero attached hydrogens (tertiary/aromatic N) is 5. The van der Waals surface area contributed by atoms with E-state index in [-0.39, 0.29) is 17.6 Å². The van der Waals surface area contributed by atoms with E-state index in [0.29, 0.717) is 6.54 Å². The molecule has 0 aliphatic carbocycles. The van der Waals surface area contributed by atoms with Crippen molar-refractivity contribution in [1.29, 1.82) is 0 Å². The summed E-state index contributed by atoms with van der Waals surface area (Å²) >= 11 is 0. The number of nitrogens with one attached hydrogen (secondary N) is 1. The van der Waals surface area contributed by atoms with Crippen LogP contribution in [-0.2, 0) is 17.5 Å². The van der Waals surface area contributed by atoms with Crippen molar-refractivity contribution in [2.45, 2.75) is 64.1 Å². The van der Waals surface area contributed by atoms with Crippen molar-refractivity contribution in [3.8, 4) is 17.0 Å². The number of urea groups is 1. The molecule has 3 aromatic heterocycles. The number of amides is 2. The normalized spacial score (nSPS) is 18.9. The van der Waals surface area contributed by atoms with Gasteiger partial charge < -0.3 is 15.0 Å². The molecule has 8 nitrogen and oxygen atoms in total. The summed E-state index contributed by atoms with van der Waals surface area (Å²) in [5, 5.41) is 9.21. The van der Waals surface area contributed by atoms with Crippen LogP contribution in [0.2, 0.25) is 0 Å². The molecule has 1 spiro atoms. The summed E-state index contributed by atoms with van der Waals surface area (Å²) in [6.07, 6.45) is 7.46. The van der Waals surface area contributed by atoms with Crippen LogP contribution in [0.1, 0.15) is 51.8 Å². The highest BCUT2D eigenvalue weighted by molar-refractivity contribution is 5.84. The molecule has 0 bridgehead atoms. The van der Waals surface area contributed by atoms with Crippen molar-refractivity contribution in [2.75, 3.05) is 13.1 Å². The van der Waals surface area contributed by atoms with Crippen molar-refractivity contribution >= 4 is 16.9 Å². The molecule has 38 heavy (non-hydrogen) atoms. The summed E-state index contributed by atoms with van der Waals surface area (Å²) in [5.74, 6) is 0.842. The Labute approximate surface area is 223 Å². The minimum Gasteiger partial charge on any atom is -0.491 e. The van der Waals surface area contributed by atoms with E-state index in [9.17, 15) is 4.79 Å². The van der Waals surface area contributed by atoms with Crippen molar-refractivity contribution in [1.82, 2.24) is 30.0 Å². The predicted molar refractivity (Wildman–Crippen MR) is 147 cm³/mol. The Balaban J connectivity index is 1.21. The Morgan fingerprint density at radius 1 is 1.08 bits per heavy atom. The molecular weight excluding hydrogens is 476 g/mol. The van der Waals surface area contributed by atoms with Gasteiger partial charge in [-0.1, -0.05) is 0 Å². The zero-order chi connectivity index (χ0) is 26.5. The topological polar surface area (TPSA) is 85.2 Å². The van der Waals surface area contributed by atoms with Crippen LogP contribution >= 0.6 is 0 Å². The van der Waals surface area contributed by atoms with Crippen molar-refractivity contribution in [2.24, 2.45) is 0 Å². The third-order valence-corrected chi connectivity index (χ3v) is 7.91. The summed E-state index contributed by atoms with van der Waals surface area (Å²) in [6, 6.07) is 14.2. The van der Waals surface area contributed by atoms with Gasteiger partial charge in [-0.15, -0.1) is 0 Å². The number of fused-ring (bicyclic) bond motifs is 3. The smallest absolute Gasteiger partial charge is 0.318 e. The fourth-order valence-electron chi connectivity index (χ4n) is 5.84. The van der Waals surface area contributed by atoms with E-state index in [4.69, 9.17) is 9.84 Å². The van der Waals surface area contributed by atoms with Crippen molar-refractivity contribution in [3.05, 3.63) is 72.3 Å². The standard InChI is InChI=1S/C30H34N6O2/c1-20(2)38-24-5-6-25-21(16-24)15-22(18-32-25)26-17-27-30(10-14-36(27)34-26)9-13-35(19-30)28(37)33-29(3,4)23-7-11-31-12-8-23/h5-8,11-12,15-18,20H,9-10,13-14,19H2,1-4H3,(H,33,37). The number of hydrogen-bond donors (Lipinski definition) is 1. The van der Waals surface area contributed by atoms with Gasteiger partial charge in [0.05, 0.1) is 22.9 Å². The summed E-state index contributed by atoms with van der Waals surface area (Å²) in [4.78, 5) is 24.0. The molecule has 1 aromatic carbocycles. The summed E-state index contributed by atoms with van der Waals surface area (Å²) < 4.78 is 8.00. The van der Waals surface area contributed by atoms with E-state index in [1.165, 1.54) is 5.69 Å². The predicted octanol–water partition coefficient (Wildman–Crippen LogP) is 5.27. The van der Waals surface area contributed by atoms with E-state index in [0.717, 1.165) is 59.4 Å². The minimum atomic E-state index is -0.483. The lowest BCUT2D eigenvalue weighted by Crippen LogP contribution is -2.48. The fraction of sp³-hybridized carbons (Fsp3) is 0.400. The van der Waals surface area contributed by atoms with Gasteiger partial charge in [0.15, 0.2) is 0 Å². The second-order valence-electron chi connectivity index (χ2n) is 11.4. The maximum Gasteiger partial charge on any atom is 0.318 e. The van der Waals surface area contributed by atoms with E-state index in [2.05, 4.69) is 32.1 Å². The molecule has 1 saturated heterocycles. The largest absolute Gasteiger partial charge is 0.491 e. The number of ether oxygens (including phenoxy) is 1. The molecule has 1 fully saturated rings. The van der Waals surface area contributed by atoms with Crippen LogP contribution in [0.3, 0.4) is 0 Å². The maximum atomic E-state index is 13.3. The number of rotatable bonds is 5. The highest BCUT2D eigenvalue weighted by Gasteiger charge is 2.47. The molecule has 4 aromatic rings. The molecule has 0 saturated carbocycles. The quantitative estimate of drug-likeness (QED) is 0.395. The SMILES string of the molecule is CC(C)Oc1ccc2ncc(-c3cc4n(n3)CCC43CCN(C(=O)NC(C)(C)c4ccncc4)C3)cc2c1. The van der Waals surface area contributed by atoms with Gasteiger partial charge in [-0.2, -0.15) is 5.10 Å². The maximum absolute atomic E-state index is 13.3. The molecular formula is C30H34N6O2. The molecule has 196 valence electrons. The number of pyridine rings is 2. The second-order valence-corrected chi connectivity index (χ2v) is 11.4. The van der Waals surface area contributed by atoms with Crippen LogP contribution < -0.4 is 10.1 Å². The van der Waals surface area contributed by atoms with Crippen molar-refractivity contribution in [3.63, 3.8) is 0 Å². The highest BCUT2D eigenvalue weighted by atomic mass is 16.5. The van der Waals surface area contributed by atoms with E-state index in [1.807, 2.05) is 69.1 Å². The molecule has 2 aliphatic heterocycles. The molecule has 0 radical (unpaired) electrons. The number of carbonyl (C=O) groups is 1. The Morgan fingerprint density at radius 3 is 2.66 bits per heavy atom. The van der Waals surface area contributed by atoms with Crippen LogP contribution in [0.15, 0.2) is 61.1 Å². The van der Waals surface area contributed by atoms with Gasteiger partial charge >= 0.3 is 6.03 Å². The van der Waals surface area contributed by atoms with Gasteiger partial charge in [-0.3, -0.25) is 14.6 Å². The second kappa shape index (κ2) is 9.11. The van der Waals surface area contributed by atoms with E-state index in [1.54, 1.807) is 12.4 Å². The summed E-state index contributed by atoms with van der Waals surface area (Å²) in [5.41, 5.74) is 4.54. The molecule has 1 unspecified atom stereocenters. The minimum absolute atomic E-state index is 0.0278. The number of hydrogen-bond acceptors (Lipinski definition) is 5. The molecule has 6 rings (SSSR count). The van der Waals surface area contributed by atoms with Gasteiger partial charge in [-0.05, 0) is 88.6 Å².